The van der Waals surface area contributed by atoms with Crippen LogP contribution in [0.4, 0.5) is 5.69 Å². The lowest BCUT2D eigenvalue weighted by Crippen LogP contribution is -2.49. The number of hydrogen-bond acceptors (Lipinski definition) is 7. The van der Waals surface area contributed by atoms with E-state index in [1.165, 1.54) is 0 Å². The summed E-state index contributed by atoms with van der Waals surface area (Å²) in [5.41, 5.74) is 1.72. The Morgan fingerprint density at radius 2 is 1.85 bits per heavy atom. The lowest BCUT2D eigenvalue weighted by Gasteiger charge is -2.35. The van der Waals surface area contributed by atoms with E-state index in [9.17, 15) is 8.42 Å². The summed E-state index contributed by atoms with van der Waals surface area (Å²) in [6, 6.07) is 13.1. The molecule has 2 aliphatic heterocycles. The number of benzene rings is 2. The fourth-order valence-electron chi connectivity index (χ4n) is 5.07. The SMILES string of the molecule is CC(C)CS(=O)(=O)N1CCN(c2ccc(OCC3COC(Cn4ccnc4)(c4ccc(Cl)cc4Cl)O3)cc2)CC1. The van der Waals surface area contributed by atoms with Crippen LogP contribution in [0.5, 0.6) is 5.75 Å². The fraction of sp³-hybridized carbons (Fsp3) is 0.464. The van der Waals surface area contributed by atoms with E-state index in [-0.39, 0.29) is 17.8 Å². The van der Waals surface area contributed by atoms with Gasteiger partial charge in [-0.05, 0) is 42.3 Å². The van der Waals surface area contributed by atoms with Gasteiger partial charge in [0.2, 0.25) is 15.8 Å². The molecule has 0 radical (unpaired) electrons. The highest BCUT2D eigenvalue weighted by Crippen LogP contribution is 2.40. The molecule has 0 aliphatic carbocycles. The zero-order valence-corrected chi connectivity index (χ0v) is 24.9. The molecule has 0 bridgehead atoms. The van der Waals surface area contributed by atoms with E-state index < -0.39 is 15.8 Å². The summed E-state index contributed by atoms with van der Waals surface area (Å²) < 4.78 is 47.3. The predicted octanol–water partition coefficient (Wildman–Crippen LogP) is 4.65. The summed E-state index contributed by atoms with van der Waals surface area (Å²) in [6.45, 7) is 7.13. The van der Waals surface area contributed by atoms with Gasteiger partial charge in [-0.3, -0.25) is 0 Å². The average Bonchev–Trinajstić information content (AvgIpc) is 3.58. The highest BCUT2D eigenvalue weighted by Gasteiger charge is 2.45. The highest BCUT2D eigenvalue weighted by molar-refractivity contribution is 7.89. The van der Waals surface area contributed by atoms with E-state index in [1.54, 1.807) is 29.0 Å². The Morgan fingerprint density at radius 1 is 1.10 bits per heavy atom. The maximum absolute atomic E-state index is 12.6. The number of sulfonamides is 1. The van der Waals surface area contributed by atoms with Gasteiger partial charge in [0.15, 0.2) is 0 Å². The van der Waals surface area contributed by atoms with E-state index in [0.717, 1.165) is 5.69 Å². The summed E-state index contributed by atoms with van der Waals surface area (Å²) >= 11 is 12.7. The van der Waals surface area contributed by atoms with Crippen LogP contribution in [-0.4, -0.2) is 73.5 Å². The van der Waals surface area contributed by atoms with Gasteiger partial charge in [-0.15, -0.1) is 0 Å². The molecule has 216 valence electrons. The van der Waals surface area contributed by atoms with Gasteiger partial charge < -0.3 is 23.7 Å². The zero-order valence-electron chi connectivity index (χ0n) is 22.6. The maximum atomic E-state index is 12.6. The molecule has 40 heavy (non-hydrogen) atoms. The minimum absolute atomic E-state index is 0.111. The number of anilines is 1. The second kappa shape index (κ2) is 12.3. The number of hydrogen-bond donors (Lipinski definition) is 0. The number of halogens is 2. The van der Waals surface area contributed by atoms with Gasteiger partial charge in [0.05, 0.1) is 30.3 Å². The minimum atomic E-state index is -3.21. The van der Waals surface area contributed by atoms with E-state index >= 15 is 0 Å². The molecule has 0 spiro atoms. The van der Waals surface area contributed by atoms with Crippen molar-refractivity contribution in [2.75, 3.05) is 50.0 Å². The Hall–Kier alpha value is -2.34. The van der Waals surface area contributed by atoms with Crippen molar-refractivity contribution in [3.05, 3.63) is 76.8 Å². The number of piperazine rings is 1. The van der Waals surface area contributed by atoms with E-state index in [4.69, 9.17) is 37.4 Å². The van der Waals surface area contributed by atoms with Crippen LogP contribution in [0.15, 0.2) is 61.2 Å². The van der Waals surface area contributed by atoms with Gasteiger partial charge in [0, 0.05) is 54.8 Å². The lowest BCUT2D eigenvalue weighted by molar-refractivity contribution is -0.189. The number of aromatic nitrogens is 2. The van der Waals surface area contributed by atoms with Crippen LogP contribution in [0.3, 0.4) is 0 Å². The summed E-state index contributed by atoms with van der Waals surface area (Å²) in [5.74, 6) is -0.0979. The van der Waals surface area contributed by atoms with Crippen molar-refractivity contribution in [3.8, 4) is 5.75 Å². The molecule has 2 unspecified atom stereocenters. The molecule has 0 N–H and O–H groups in total. The van der Waals surface area contributed by atoms with E-state index in [1.807, 2.05) is 54.9 Å². The smallest absolute Gasteiger partial charge is 0.215 e. The average molecular weight is 610 g/mol. The highest BCUT2D eigenvalue weighted by atomic mass is 35.5. The van der Waals surface area contributed by atoms with Crippen molar-refractivity contribution < 1.29 is 22.6 Å². The predicted molar refractivity (Wildman–Crippen MR) is 156 cm³/mol. The monoisotopic (exact) mass is 608 g/mol. The summed E-state index contributed by atoms with van der Waals surface area (Å²) in [4.78, 5) is 6.32. The van der Waals surface area contributed by atoms with Gasteiger partial charge >= 0.3 is 0 Å². The molecule has 0 saturated carbocycles. The summed E-state index contributed by atoms with van der Waals surface area (Å²) in [6.07, 6.45) is 4.92. The van der Waals surface area contributed by atoms with Crippen molar-refractivity contribution in [2.45, 2.75) is 32.3 Å². The number of imidazole rings is 1. The van der Waals surface area contributed by atoms with Crippen LogP contribution in [0.1, 0.15) is 19.4 Å². The second-order valence-corrected chi connectivity index (χ2v) is 13.4. The molecule has 2 fully saturated rings. The molecule has 2 aromatic carbocycles. The van der Waals surface area contributed by atoms with E-state index in [2.05, 4.69) is 9.88 Å². The molecule has 0 amide bonds. The third-order valence-electron chi connectivity index (χ3n) is 6.96. The molecule has 9 nitrogen and oxygen atoms in total. The van der Waals surface area contributed by atoms with Gasteiger partial charge in [-0.2, -0.15) is 4.31 Å². The molecule has 2 atom stereocenters. The third-order valence-corrected chi connectivity index (χ3v) is 9.75. The van der Waals surface area contributed by atoms with Crippen molar-refractivity contribution in [3.63, 3.8) is 0 Å². The van der Waals surface area contributed by atoms with Crippen LogP contribution in [0.25, 0.3) is 0 Å². The third kappa shape index (κ3) is 6.75. The van der Waals surface area contributed by atoms with Crippen LogP contribution in [-0.2, 0) is 31.8 Å². The molecule has 12 heteroatoms. The van der Waals surface area contributed by atoms with E-state index in [0.29, 0.717) is 67.3 Å². The Labute approximate surface area is 245 Å². The Bertz CT molecular complexity index is 1380. The quantitative estimate of drug-likeness (QED) is 0.331. The van der Waals surface area contributed by atoms with Crippen LogP contribution in [0, 0.1) is 5.92 Å². The number of rotatable bonds is 10. The Balaban J connectivity index is 1.18. The number of nitrogens with zero attached hydrogens (tertiary/aromatic N) is 4. The van der Waals surface area contributed by atoms with Gasteiger partial charge in [0.25, 0.3) is 0 Å². The molecule has 2 saturated heterocycles. The summed E-state index contributed by atoms with van der Waals surface area (Å²) in [7, 11) is -3.21. The first kappa shape index (κ1) is 29.2. The standard InChI is InChI=1S/C28H34Cl2N4O5S/c1-21(2)18-40(35,36)34-13-11-33(12-14-34)23-4-6-24(7-5-23)37-16-25-17-38-28(39-25,19-32-10-9-31-20-32)26-8-3-22(29)15-27(26)30/h3-10,15,20-21,25H,11-14,16-19H2,1-2H3. The Kier molecular flexibility index (Phi) is 8.94. The van der Waals surface area contributed by atoms with Crippen LogP contribution in [0.2, 0.25) is 10.0 Å². The first-order valence-corrected chi connectivity index (χ1v) is 15.7. The number of ether oxygens (including phenoxy) is 3. The van der Waals surface area contributed by atoms with Crippen LogP contribution >= 0.6 is 23.2 Å². The maximum Gasteiger partial charge on any atom is 0.215 e. The first-order chi connectivity index (χ1) is 19.1. The topological polar surface area (TPSA) is 86.1 Å². The molecule has 2 aliphatic rings. The van der Waals surface area contributed by atoms with Gasteiger partial charge in [0.1, 0.15) is 18.5 Å². The van der Waals surface area contributed by atoms with Crippen molar-refractivity contribution in [2.24, 2.45) is 5.92 Å². The van der Waals surface area contributed by atoms with Crippen molar-refractivity contribution >= 4 is 38.9 Å². The molecular formula is C28H34Cl2N4O5S. The lowest BCUT2D eigenvalue weighted by atomic mass is 10.1. The molecular weight excluding hydrogens is 575 g/mol. The molecule has 3 aromatic rings. The van der Waals surface area contributed by atoms with Crippen molar-refractivity contribution in [1.29, 1.82) is 0 Å². The molecule has 1 aromatic heterocycles. The zero-order chi connectivity index (χ0) is 28.3. The normalized spacial score (nSPS) is 22.2. The first-order valence-electron chi connectivity index (χ1n) is 13.3. The largest absolute Gasteiger partial charge is 0.491 e. The second-order valence-electron chi connectivity index (χ2n) is 10.5. The van der Waals surface area contributed by atoms with Crippen molar-refractivity contribution in [1.82, 2.24) is 13.9 Å². The molecule has 3 heterocycles. The van der Waals surface area contributed by atoms with Gasteiger partial charge in [-0.1, -0.05) is 43.1 Å². The van der Waals surface area contributed by atoms with Gasteiger partial charge in [-0.25, -0.2) is 13.4 Å². The minimum Gasteiger partial charge on any atom is -0.491 e. The Morgan fingerprint density at radius 3 is 2.50 bits per heavy atom. The molecule has 5 rings (SSSR count). The summed E-state index contributed by atoms with van der Waals surface area (Å²) in [5, 5.41) is 0.994. The fourth-order valence-corrected chi connectivity index (χ4v) is 7.39. The van der Waals surface area contributed by atoms with Crippen LogP contribution < -0.4 is 9.64 Å².